The van der Waals surface area contributed by atoms with Gasteiger partial charge in [0.15, 0.2) is 11.5 Å². The highest BCUT2D eigenvalue weighted by molar-refractivity contribution is 6.09. The molecule has 1 N–H and O–H groups in total. The van der Waals surface area contributed by atoms with E-state index >= 15 is 0 Å². The molecule has 140 valence electrons. The molecular weight excluding hydrogens is 344 g/mol. The molecule has 0 fully saturated rings. The summed E-state index contributed by atoms with van der Waals surface area (Å²) in [6, 6.07) is 14.1. The summed E-state index contributed by atoms with van der Waals surface area (Å²) in [7, 11) is 1.57. The summed E-state index contributed by atoms with van der Waals surface area (Å²) >= 11 is 0. The van der Waals surface area contributed by atoms with E-state index in [2.05, 4.69) is 5.32 Å². The van der Waals surface area contributed by atoms with E-state index in [-0.39, 0.29) is 5.57 Å². The standard InChI is InChI=1S/C21H22N2O4/c1-4-26-19-11-6-15(13-20(19)27-5-2)12-16(14-22)21(24)23-17-7-9-18(25-3)10-8-17/h6-13H,4-5H2,1-3H3,(H,23,24)/b16-12+. The lowest BCUT2D eigenvalue weighted by Crippen LogP contribution is -2.13. The highest BCUT2D eigenvalue weighted by Gasteiger charge is 2.11. The van der Waals surface area contributed by atoms with Crippen molar-refractivity contribution in [1.82, 2.24) is 0 Å². The van der Waals surface area contributed by atoms with E-state index in [1.807, 2.05) is 19.9 Å². The van der Waals surface area contributed by atoms with Crippen molar-refractivity contribution in [2.75, 3.05) is 25.6 Å². The number of methoxy groups -OCH3 is 1. The van der Waals surface area contributed by atoms with Crippen molar-refractivity contribution in [1.29, 1.82) is 5.26 Å². The number of nitrogens with one attached hydrogen (secondary N) is 1. The van der Waals surface area contributed by atoms with Crippen LogP contribution in [0, 0.1) is 11.3 Å². The van der Waals surface area contributed by atoms with Gasteiger partial charge in [0, 0.05) is 5.69 Å². The minimum Gasteiger partial charge on any atom is -0.497 e. The zero-order valence-corrected chi connectivity index (χ0v) is 15.6. The molecule has 2 aromatic carbocycles. The molecule has 1 amide bonds. The molecular formula is C21H22N2O4. The number of nitrogens with zero attached hydrogens (tertiary/aromatic N) is 1. The summed E-state index contributed by atoms with van der Waals surface area (Å²) < 4.78 is 16.2. The number of ether oxygens (including phenoxy) is 3. The summed E-state index contributed by atoms with van der Waals surface area (Å²) in [6.07, 6.45) is 1.51. The first-order valence-corrected chi connectivity index (χ1v) is 8.58. The number of anilines is 1. The number of carbonyl (C=O) groups is 1. The second kappa shape index (κ2) is 9.88. The third-order valence-corrected chi connectivity index (χ3v) is 3.59. The maximum Gasteiger partial charge on any atom is 0.266 e. The average Bonchev–Trinajstić information content (AvgIpc) is 2.68. The first-order chi connectivity index (χ1) is 13.1. The van der Waals surface area contributed by atoms with Crippen LogP contribution < -0.4 is 19.5 Å². The lowest BCUT2D eigenvalue weighted by atomic mass is 10.1. The van der Waals surface area contributed by atoms with Crippen LogP contribution in [0.1, 0.15) is 19.4 Å². The Hall–Kier alpha value is -3.46. The fourth-order valence-electron chi connectivity index (χ4n) is 2.35. The molecule has 2 aromatic rings. The molecule has 0 aliphatic heterocycles. The van der Waals surface area contributed by atoms with Crippen molar-refractivity contribution in [3.8, 4) is 23.3 Å². The molecule has 0 bridgehead atoms. The van der Waals surface area contributed by atoms with Gasteiger partial charge in [0.2, 0.25) is 0 Å². The maximum atomic E-state index is 12.4. The van der Waals surface area contributed by atoms with Gasteiger partial charge in [0.1, 0.15) is 17.4 Å². The van der Waals surface area contributed by atoms with Gasteiger partial charge in [-0.2, -0.15) is 5.26 Å². The minimum absolute atomic E-state index is 0.0163. The quantitative estimate of drug-likeness (QED) is 0.563. The fourth-order valence-corrected chi connectivity index (χ4v) is 2.35. The SMILES string of the molecule is CCOc1ccc(/C=C(\C#N)C(=O)Nc2ccc(OC)cc2)cc1OCC. The topological polar surface area (TPSA) is 80.6 Å². The highest BCUT2D eigenvalue weighted by Crippen LogP contribution is 2.29. The van der Waals surface area contributed by atoms with Crippen molar-refractivity contribution >= 4 is 17.7 Å². The lowest BCUT2D eigenvalue weighted by Gasteiger charge is -2.11. The largest absolute Gasteiger partial charge is 0.497 e. The summed E-state index contributed by atoms with van der Waals surface area (Å²) in [5.41, 5.74) is 1.23. The van der Waals surface area contributed by atoms with Gasteiger partial charge in [0.25, 0.3) is 5.91 Å². The van der Waals surface area contributed by atoms with E-state index in [9.17, 15) is 10.1 Å². The van der Waals surface area contributed by atoms with E-state index < -0.39 is 5.91 Å². The number of benzene rings is 2. The molecule has 0 atom stereocenters. The summed E-state index contributed by atoms with van der Waals surface area (Å²) in [6.45, 7) is 4.77. The van der Waals surface area contributed by atoms with Gasteiger partial charge in [-0.25, -0.2) is 0 Å². The second-order valence-corrected chi connectivity index (χ2v) is 5.42. The molecule has 0 radical (unpaired) electrons. The predicted molar refractivity (Wildman–Crippen MR) is 104 cm³/mol. The zero-order valence-electron chi connectivity index (χ0n) is 15.6. The smallest absolute Gasteiger partial charge is 0.266 e. The molecule has 0 heterocycles. The summed E-state index contributed by atoms with van der Waals surface area (Å²) in [5.74, 6) is 1.38. The van der Waals surface area contributed by atoms with Crippen molar-refractivity contribution in [2.45, 2.75) is 13.8 Å². The normalized spacial score (nSPS) is 10.7. The highest BCUT2D eigenvalue weighted by atomic mass is 16.5. The third-order valence-electron chi connectivity index (χ3n) is 3.59. The van der Waals surface area contributed by atoms with Crippen molar-refractivity contribution in [3.05, 3.63) is 53.6 Å². The maximum absolute atomic E-state index is 12.4. The molecule has 0 aromatic heterocycles. The Morgan fingerprint density at radius 1 is 1.07 bits per heavy atom. The Labute approximate surface area is 159 Å². The number of carbonyl (C=O) groups excluding carboxylic acids is 1. The minimum atomic E-state index is -0.491. The lowest BCUT2D eigenvalue weighted by molar-refractivity contribution is -0.112. The van der Waals surface area contributed by atoms with E-state index in [1.165, 1.54) is 6.08 Å². The monoisotopic (exact) mass is 366 g/mol. The Kier molecular flexibility index (Phi) is 7.26. The van der Waals surface area contributed by atoms with E-state index in [4.69, 9.17) is 14.2 Å². The molecule has 0 saturated carbocycles. The van der Waals surface area contributed by atoms with Crippen LogP contribution in [0.25, 0.3) is 6.08 Å². The van der Waals surface area contributed by atoms with E-state index in [1.54, 1.807) is 49.6 Å². The molecule has 0 aliphatic rings. The Bertz CT molecular complexity index is 851. The van der Waals surface area contributed by atoms with Crippen LogP contribution in [0.5, 0.6) is 17.2 Å². The van der Waals surface area contributed by atoms with Crippen molar-refractivity contribution in [3.63, 3.8) is 0 Å². The molecule has 0 unspecified atom stereocenters. The number of nitriles is 1. The van der Waals surface area contributed by atoms with Gasteiger partial charge in [-0.05, 0) is 61.9 Å². The molecule has 0 spiro atoms. The van der Waals surface area contributed by atoms with Crippen LogP contribution in [0.3, 0.4) is 0 Å². The molecule has 0 aliphatic carbocycles. The Morgan fingerprint density at radius 2 is 1.74 bits per heavy atom. The molecule has 6 nitrogen and oxygen atoms in total. The van der Waals surface area contributed by atoms with Gasteiger partial charge in [-0.3, -0.25) is 4.79 Å². The van der Waals surface area contributed by atoms with Crippen LogP contribution in [0.15, 0.2) is 48.0 Å². The predicted octanol–water partition coefficient (Wildman–Crippen LogP) is 4.04. The van der Waals surface area contributed by atoms with Crippen LogP contribution in [0.4, 0.5) is 5.69 Å². The Morgan fingerprint density at radius 3 is 2.33 bits per heavy atom. The fraction of sp³-hybridized carbons (Fsp3) is 0.238. The van der Waals surface area contributed by atoms with Gasteiger partial charge >= 0.3 is 0 Å². The molecule has 2 rings (SSSR count). The van der Waals surface area contributed by atoms with E-state index in [0.717, 1.165) is 0 Å². The van der Waals surface area contributed by atoms with Crippen LogP contribution in [-0.4, -0.2) is 26.2 Å². The van der Waals surface area contributed by atoms with Gasteiger partial charge < -0.3 is 19.5 Å². The molecule has 27 heavy (non-hydrogen) atoms. The van der Waals surface area contributed by atoms with Gasteiger partial charge in [-0.1, -0.05) is 6.07 Å². The summed E-state index contributed by atoms with van der Waals surface area (Å²) in [4.78, 5) is 12.4. The van der Waals surface area contributed by atoms with Crippen molar-refractivity contribution in [2.24, 2.45) is 0 Å². The average molecular weight is 366 g/mol. The first kappa shape index (κ1) is 19.9. The number of hydrogen-bond donors (Lipinski definition) is 1. The third kappa shape index (κ3) is 5.51. The van der Waals surface area contributed by atoms with E-state index in [0.29, 0.717) is 41.7 Å². The van der Waals surface area contributed by atoms with Crippen LogP contribution in [-0.2, 0) is 4.79 Å². The summed E-state index contributed by atoms with van der Waals surface area (Å²) in [5, 5.41) is 12.1. The van der Waals surface area contributed by atoms with Crippen LogP contribution >= 0.6 is 0 Å². The second-order valence-electron chi connectivity index (χ2n) is 5.42. The molecule has 6 heteroatoms. The van der Waals surface area contributed by atoms with Gasteiger partial charge in [-0.15, -0.1) is 0 Å². The number of rotatable bonds is 8. The van der Waals surface area contributed by atoms with Crippen LogP contribution in [0.2, 0.25) is 0 Å². The first-order valence-electron chi connectivity index (χ1n) is 8.58. The van der Waals surface area contributed by atoms with Crippen molar-refractivity contribution < 1.29 is 19.0 Å². The number of amides is 1. The Balaban J connectivity index is 2.22. The van der Waals surface area contributed by atoms with Gasteiger partial charge in [0.05, 0.1) is 20.3 Å². The molecule has 0 saturated heterocycles. The number of hydrogen-bond acceptors (Lipinski definition) is 5. The zero-order chi connectivity index (χ0) is 19.6.